The summed E-state index contributed by atoms with van der Waals surface area (Å²) in [4.78, 5) is 4.20. The highest BCUT2D eigenvalue weighted by molar-refractivity contribution is 5.48. The number of ether oxygens (including phenoxy) is 1. The standard InChI is InChI=1S/C12H14N2O.2C2H6/c1-9-4-5-11(12(6-9)15-3)14-7-10(2)13-8-14;2*1-2/h4-8H,1-3H3;2*1-2H3. The molecule has 0 bridgehead atoms. The summed E-state index contributed by atoms with van der Waals surface area (Å²) in [5, 5.41) is 0. The summed E-state index contributed by atoms with van der Waals surface area (Å²) in [5.74, 6) is 0.868. The van der Waals surface area contributed by atoms with Crippen molar-refractivity contribution in [2.24, 2.45) is 0 Å². The number of rotatable bonds is 2. The molecule has 0 amide bonds. The van der Waals surface area contributed by atoms with E-state index in [0.717, 1.165) is 17.1 Å². The van der Waals surface area contributed by atoms with Gasteiger partial charge in [-0.15, -0.1) is 0 Å². The van der Waals surface area contributed by atoms with Crippen molar-refractivity contribution in [3.8, 4) is 11.4 Å². The number of benzene rings is 1. The average molecular weight is 262 g/mol. The molecule has 0 unspecified atom stereocenters. The molecule has 106 valence electrons. The van der Waals surface area contributed by atoms with E-state index in [2.05, 4.69) is 11.1 Å². The van der Waals surface area contributed by atoms with Crippen molar-refractivity contribution in [3.63, 3.8) is 0 Å². The fourth-order valence-corrected chi connectivity index (χ4v) is 1.55. The van der Waals surface area contributed by atoms with Crippen LogP contribution in [0.2, 0.25) is 0 Å². The molecule has 0 aliphatic rings. The topological polar surface area (TPSA) is 27.1 Å². The SMILES string of the molecule is CC.CC.COc1cc(C)ccc1-n1cnc(C)c1. The second-order valence-corrected chi connectivity index (χ2v) is 3.60. The lowest BCUT2D eigenvalue weighted by atomic mass is 10.2. The Morgan fingerprint density at radius 1 is 1.05 bits per heavy atom. The molecule has 3 heteroatoms. The van der Waals surface area contributed by atoms with Crippen LogP contribution >= 0.6 is 0 Å². The Labute approximate surface area is 117 Å². The van der Waals surface area contributed by atoms with E-state index in [1.54, 1.807) is 13.4 Å². The minimum Gasteiger partial charge on any atom is -0.495 e. The van der Waals surface area contributed by atoms with E-state index in [1.807, 2.05) is 64.4 Å². The van der Waals surface area contributed by atoms with Crippen LogP contribution in [0.5, 0.6) is 5.75 Å². The molecule has 0 N–H and O–H groups in total. The summed E-state index contributed by atoms with van der Waals surface area (Å²) in [6.45, 7) is 12.0. The van der Waals surface area contributed by atoms with Gasteiger partial charge in [-0.05, 0) is 31.5 Å². The van der Waals surface area contributed by atoms with Crippen molar-refractivity contribution in [2.45, 2.75) is 41.5 Å². The summed E-state index contributed by atoms with van der Waals surface area (Å²) >= 11 is 0. The predicted molar refractivity (Wildman–Crippen MR) is 82.3 cm³/mol. The first-order valence-corrected chi connectivity index (χ1v) is 6.86. The van der Waals surface area contributed by atoms with Crippen LogP contribution in [0.25, 0.3) is 5.69 Å². The molecule has 19 heavy (non-hydrogen) atoms. The Morgan fingerprint density at radius 3 is 2.16 bits per heavy atom. The number of aryl methyl sites for hydroxylation is 2. The van der Waals surface area contributed by atoms with Crippen LogP contribution in [0.4, 0.5) is 0 Å². The average Bonchev–Trinajstić information content (AvgIpc) is 2.89. The van der Waals surface area contributed by atoms with Crippen LogP contribution in [0.3, 0.4) is 0 Å². The third-order valence-corrected chi connectivity index (χ3v) is 2.33. The van der Waals surface area contributed by atoms with Gasteiger partial charge in [0.25, 0.3) is 0 Å². The summed E-state index contributed by atoms with van der Waals surface area (Å²) in [6.07, 6.45) is 3.77. The Balaban J connectivity index is 0.000000741. The molecule has 1 aromatic carbocycles. The molecule has 0 radical (unpaired) electrons. The maximum Gasteiger partial charge on any atom is 0.143 e. The van der Waals surface area contributed by atoms with E-state index in [0.29, 0.717) is 0 Å². The largest absolute Gasteiger partial charge is 0.495 e. The maximum absolute atomic E-state index is 5.34. The van der Waals surface area contributed by atoms with E-state index in [1.165, 1.54) is 5.56 Å². The van der Waals surface area contributed by atoms with Gasteiger partial charge >= 0.3 is 0 Å². The van der Waals surface area contributed by atoms with E-state index < -0.39 is 0 Å². The quantitative estimate of drug-likeness (QED) is 0.794. The molecule has 0 spiro atoms. The lowest BCUT2D eigenvalue weighted by Crippen LogP contribution is -1.95. The summed E-state index contributed by atoms with van der Waals surface area (Å²) in [7, 11) is 1.68. The smallest absolute Gasteiger partial charge is 0.143 e. The molecule has 0 saturated carbocycles. The summed E-state index contributed by atoms with van der Waals surface area (Å²) in [5.41, 5.74) is 3.20. The van der Waals surface area contributed by atoms with Crippen LogP contribution < -0.4 is 4.74 Å². The number of imidazole rings is 1. The van der Waals surface area contributed by atoms with Crippen molar-refractivity contribution in [1.29, 1.82) is 0 Å². The van der Waals surface area contributed by atoms with Gasteiger partial charge in [0.05, 0.1) is 24.8 Å². The number of nitrogens with zero attached hydrogens (tertiary/aromatic N) is 2. The zero-order valence-corrected chi connectivity index (χ0v) is 13.2. The lowest BCUT2D eigenvalue weighted by molar-refractivity contribution is 0.412. The molecular formula is C16H26N2O. The first-order chi connectivity index (χ1) is 9.20. The molecule has 0 aliphatic carbocycles. The molecule has 1 heterocycles. The van der Waals surface area contributed by atoms with Crippen molar-refractivity contribution in [2.75, 3.05) is 7.11 Å². The van der Waals surface area contributed by atoms with Gasteiger partial charge in [-0.3, -0.25) is 0 Å². The molecule has 0 fully saturated rings. The Hall–Kier alpha value is -1.77. The number of hydrogen-bond acceptors (Lipinski definition) is 2. The second kappa shape index (κ2) is 9.20. The van der Waals surface area contributed by atoms with Crippen LogP contribution in [-0.2, 0) is 0 Å². The van der Waals surface area contributed by atoms with Gasteiger partial charge in [0.2, 0.25) is 0 Å². The van der Waals surface area contributed by atoms with Crippen molar-refractivity contribution in [1.82, 2.24) is 9.55 Å². The fourth-order valence-electron chi connectivity index (χ4n) is 1.55. The highest BCUT2D eigenvalue weighted by Gasteiger charge is 2.05. The maximum atomic E-state index is 5.34. The van der Waals surface area contributed by atoms with Crippen molar-refractivity contribution in [3.05, 3.63) is 42.0 Å². The van der Waals surface area contributed by atoms with Gasteiger partial charge < -0.3 is 9.30 Å². The second-order valence-electron chi connectivity index (χ2n) is 3.60. The number of methoxy groups -OCH3 is 1. The molecule has 3 nitrogen and oxygen atoms in total. The predicted octanol–water partition coefficient (Wildman–Crippen LogP) is 4.55. The number of hydrogen-bond donors (Lipinski definition) is 0. The Kier molecular flexibility index (Phi) is 8.34. The minimum absolute atomic E-state index is 0.868. The Morgan fingerprint density at radius 2 is 1.68 bits per heavy atom. The van der Waals surface area contributed by atoms with Gasteiger partial charge in [-0.25, -0.2) is 4.98 Å². The highest BCUT2D eigenvalue weighted by Crippen LogP contribution is 2.23. The van der Waals surface area contributed by atoms with Crippen LogP contribution in [0.1, 0.15) is 39.0 Å². The monoisotopic (exact) mass is 262 g/mol. The molecule has 0 saturated heterocycles. The normalized spacial score (nSPS) is 8.79. The first-order valence-electron chi connectivity index (χ1n) is 6.86. The summed E-state index contributed by atoms with van der Waals surface area (Å²) < 4.78 is 7.31. The van der Waals surface area contributed by atoms with Gasteiger partial charge in [0.15, 0.2) is 0 Å². The summed E-state index contributed by atoms with van der Waals surface area (Å²) in [6, 6.07) is 6.12. The van der Waals surface area contributed by atoms with Crippen LogP contribution in [-0.4, -0.2) is 16.7 Å². The molecule has 2 rings (SSSR count). The van der Waals surface area contributed by atoms with Gasteiger partial charge in [0, 0.05) is 6.20 Å². The Bertz CT molecular complexity index is 475. The van der Waals surface area contributed by atoms with E-state index in [-0.39, 0.29) is 0 Å². The highest BCUT2D eigenvalue weighted by atomic mass is 16.5. The van der Waals surface area contributed by atoms with Gasteiger partial charge in [-0.1, -0.05) is 33.8 Å². The molecule has 2 aromatic rings. The molecule has 1 aromatic heterocycles. The zero-order chi connectivity index (χ0) is 14.8. The van der Waals surface area contributed by atoms with E-state index in [9.17, 15) is 0 Å². The van der Waals surface area contributed by atoms with Crippen LogP contribution in [0.15, 0.2) is 30.7 Å². The van der Waals surface area contributed by atoms with E-state index >= 15 is 0 Å². The minimum atomic E-state index is 0.868. The molecule has 0 aliphatic heterocycles. The van der Waals surface area contributed by atoms with Crippen LogP contribution in [0, 0.1) is 13.8 Å². The zero-order valence-electron chi connectivity index (χ0n) is 13.2. The van der Waals surface area contributed by atoms with Gasteiger partial charge in [-0.2, -0.15) is 0 Å². The molecular weight excluding hydrogens is 236 g/mol. The first kappa shape index (κ1) is 17.2. The fraction of sp³-hybridized carbons (Fsp3) is 0.438. The van der Waals surface area contributed by atoms with Crippen molar-refractivity contribution >= 4 is 0 Å². The van der Waals surface area contributed by atoms with Gasteiger partial charge in [0.1, 0.15) is 5.75 Å². The van der Waals surface area contributed by atoms with E-state index in [4.69, 9.17) is 4.74 Å². The lowest BCUT2D eigenvalue weighted by Gasteiger charge is -2.09. The van der Waals surface area contributed by atoms with Crippen molar-refractivity contribution < 1.29 is 4.74 Å². The third-order valence-electron chi connectivity index (χ3n) is 2.33. The molecule has 0 atom stereocenters. The number of aromatic nitrogens is 2. The third kappa shape index (κ3) is 4.78.